The van der Waals surface area contributed by atoms with Gasteiger partial charge < -0.3 is 24.6 Å². The van der Waals surface area contributed by atoms with Gasteiger partial charge >= 0.3 is 0 Å². The van der Waals surface area contributed by atoms with Gasteiger partial charge in [-0.05, 0) is 24.1 Å². The van der Waals surface area contributed by atoms with Gasteiger partial charge in [-0.2, -0.15) is 0 Å². The minimum atomic E-state index is 0. The van der Waals surface area contributed by atoms with Crippen LogP contribution in [0.5, 0.6) is 11.5 Å². The van der Waals surface area contributed by atoms with Gasteiger partial charge in [0.2, 0.25) is 6.79 Å². The number of hydrogen-bond donors (Lipinski definition) is 2. The number of ether oxygens (including phenoxy) is 2. The fourth-order valence-electron chi connectivity index (χ4n) is 2.77. The van der Waals surface area contributed by atoms with E-state index < -0.39 is 0 Å². The minimum Gasteiger partial charge on any atom is -0.454 e. The van der Waals surface area contributed by atoms with Crippen LogP contribution in [-0.2, 0) is 25.9 Å². The van der Waals surface area contributed by atoms with E-state index in [2.05, 4.69) is 34.6 Å². The molecule has 1 aromatic carbocycles. The summed E-state index contributed by atoms with van der Waals surface area (Å²) in [6.07, 6.45) is 1.68. The molecule has 142 valence electrons. The molecule has 2 heterocycles. The SMILES string of the molecule is CCc1noc(CC)c1CNC(=NC)NCc1ccc2c(c1)OCO2.I. The summed E-state index contributed by atoms with van der Waals surface area (Å²) in [6, 6.07) is 5.92. The highest BCUT2D eigenvalue weighted by atomic mass is 127. The Balaban J connectivity index is 0.00000243. The number of fused-ring (bicyclic) bond motifs is 1. The third-order valence-corrected chi connectivity index (χ3v) is 4.16. The number of hydrogen-bond acceptors (Lipinski definition) is 5. The van der Waals surface area contributed by atoms with Crippen LogP contribution < -0.4 is 20.1 Å². The Bertz CT molecular complexity index is 739. The number of aryl methyl sites for hydroxylation is 2. The van der Waals surface area contributed by atoms with Gasteiger partial charge in [0.25, 0.3) is 0 Å². The predicted molar refractivity (Wildman–Crippen MR) is 110 cm³/mol. The molecule has 0 saturated heterocycles. The lowest BCUT2D eigenvalue weighted by molar-refractivity contribution is 0.174. The van der Waals surface area contributed by atoms with Crippen molar-refractivity contribution >= 4 is 29.9 Å². The first-order valence-electron chi connectivity index (χ1n) is 8.54. The molecule has 7 nitrogen and oxygen atoms in total. The molecule has 0 bridgehead atoms. The van der Waals surface area contributed by atoms with Crippen LogP contribution in [0, 0.1) is 0 Å². The Morgan fingerprint density at radius 1 is 1.12 bits per heavy atom. The molecule has 1 aromatic heterocycles. The van der Waals surface area contributed by atoms with Crippen LogP contribution in [-0.4, -0.2) is 25.0 Å². The molecule has 0 saturated carbocycles. The highest BCUT2D eigenvalue weighted by Gasteiger charge is 2.15. The van der Waals surface area contributed by atoms with Crippen molar-refractivity contribution in [2.24, 2.45) is 4.99 Å². The van der Waals surface area contributed by atoms with Crippen LogP contribution in [0.15, 0.2) is 27.7 Å². The lowest BCUT2D eigenvalue weighted by atomic mass is 10.1. The quantitative estimate of drug-likeness (QED) is 0.382. The highest BCUT2D eigenvalue weighted by molar-refractivity contribution is 14.0. The molecule has 0 unspecified atom stereocenters. The first kappa shape index (κ1) is 20.3. The zero-order valence-corrected chi connectivity index (χ0v) is 17.6. The topological polar surface area (TPSA) is 80.9 Å². The van der Waals surface area contributed by atoms with Crippen molar-refractivity contribution in [2.75, 3.05) is 13.8 Å². The summed E-state index contributed by atoms with van der Waals surface area (Å²) in [7, 11) is 1.75. The van der Waals surface area contributed by atoms with E-state index in [0.717, 1.165) is 52.9 Å². The largest absolute Gasteiger partial charge is 0.454 e. The van der Waals surface area contributed by atoms with E-state index in [9.17, 15) is 0 Å². The average molecular weight is 472 g/mol. The van der Waals surface area contributed by atoms with Gasteiger partial charge in [0, 0.05) is 32.1 Å². The maximum atomic E-state index is 5.41. The van der Waals surface area contributed by atoms with E-state index in [0.29, 0.717) is 13.1 Å². The van der Waals surface area contributed by atoms with E-state index in [4.69, 9.17) is 14.0 Å². The van der Waals surface area contributed by atoms with Crippen molar-refractivity contribution in [3.05, 3.63) is 40.8 Å². The van der Waals surface area contributed by atoms with Crippen LogP contribution in [0.4, 0.5) is 0 Å². The Morgan fingerprint density at radius 3 is 2.62 bits per heavy atom. The molecular weight excluding hydrogens is 447 g/mol. The minimum absolute atomic E-state index is 0. The molecule has 0 fully saturated rings. The first-order chi connectivity index (χ1) is 12.2. The Kier molecular flexibility index (Phi) is 7.55. The monoisotopic (exact) mass is 472 g/mol. The summed E-state index contributed by atoms with van der Waals surface area (Å²) in [5, 5.41) is 10.8. The van der Waals surface area contributed by atoms with Crippen LogP contribution >= 0.6 is 24.0 Å². The summed E-state index contributed by atoms with van der Waals surface area (Å²) in [6.45, 7) is 5.70. The second kappa shape index (κ2) is 9.65. The highest BCUT2D eigenvalue weighted by Crippen LogP contribution is 2.32. The van der Waals surface area contributed by atoms with E-state index >= 15 is 0 Å². The third-order valence-electron chi connectivity index (χ3n) is 4.16. The number of nitrogens with zero attached hydrogens (tertiary/aromatic N) is 2. The summed E-state index contributed by atoms with van der Waals surface area (Å²) >= 11 is 0. The second-order valence-electron chi connectivity index (χ2n) is 5.71. The van der Waals surface area contributed by atoms with Crippen molar-refractivity contribution in [3.63, 3.8) is 0 Å². The molecule has 8 heteroatoms. The van der Waals surface area contributed by atoms with E-state index in [1.54, 1.807) is 7.05 Å². The second-order valence-corrected chi connectivity index (χ2v) is 5.71. The number of aromatic nitrogens is 1. The number of benzene rings is 1. The molecule has 0 amide bonds. The third kappa shape index (κ3) is 4.60. The Hall–Kier alpha value is -1.97. The van der Waals surface area contributed by atoms with Crippen molar-refractivity contribution in [2.45, 2.75) is 39.8 Å². The van der Waals surface area contributed by atoms with Crippen molar-refractivity contribution in [3.8, 4) is 11.5 Å². The molecular formula is C18H25IN4O3. The number of halogens is 1. The van der Waals surface area contributed by atoms with E-state index in [1.165, 1.54) is 0 Å². The van der Waals surface area contributed by atoms with E-state index in [-0.39, 0.29) is 30.8 Å². The van der Waals surface area contributed by atoms with Crippen LogP contribution in [0.3, 0.4) is 0 Å². The Labute approximate surface area is 170 Å². The normalized spacial score (nSPS) is 12.7. The standard InChI is InChI=1S/C18H24N4O3.HI/c1-4-14-13(15(5-2)25-22-14)10-21-18(19-3)20-9-12-6-7-16-17(8-12)24-11-23-16;/h6-8H,4-5,9-11H2,1-3H3,(H2,19,20,21);1H. The fraction of sp³-hybridized carbons (Fsp3) is 0.444. The maximum Gasteiger partial charge on any atom is 0.231 e. The summed E-state index contributed by atoms with van der Waals surface area (Å²) in [5.74, 6) is 3.23. The van der Waals surface area contributed by atoms with Crippen LogP contribution in [0.25, 0.3) is 0 Å². The van der Waals surface area contributed by atoms with Crippen LogP contribution in [0.2, 0.25) is 0 Å². The molecule has 26 heavy (non-hydrogen) atoms. The fourth-order valence-corrected chi connectivity index (χ4v) is 2.77. The van der Waals surface area contributed by atoms with Gasteiger partial charge in [0.05, 0.1) is 5.69 Å². The smallest absolute Gasteiger partial charge is 0.231 e. The molecule has 3 rings (SSSR count). The summed E-state index contributed by atoms with van der Waals surface area (Å²) < 4.78 is 16.1. The molecule has 0 aliphatic carbocycles. The number of aliphatic imine (C=N–C) groups is 1. The lowest BCUT2D eigenvalue weighted by Gasteiger charge is -2.12. The van der Waals surface area contributed by atoms with Crippen molar-refractivity contribution < 1.29 is 14.0 Å². The molecule has 2 aromatic rings. The van der Waals surface area contributed by atoms with Gasteiger partial charge in [-0.25, -0.2) is 0 Å². The zero-order valence-electron chi connectivity index (χ0n) is 15.3. The predicted octanol–water partition coefficient (Wildman–Crippen LogP) is 3.01. The summed E-state index contributed by atoms with van der Waals surface area (Å²) in [5.41, 5.74) is 3.22. The number of rotatable bonds is 6. The zero-order chi connectivity index (χ0) is 17.6. The Morgan fingerprint density at radius 2 is 1.88 bits per heavy atom. The lowest BCUT2D eigenvalue weighted by Crippen LogP contribution is -2.36. The van der Waals surface area contributed by atoms with Gasteiger partial charge in [-0.3, -0.25) is 4.99 Å². The maximum absolute atomic E-state index is 5.41. The van der Waals surface area contributed by atoms with Gasteiger partial charge in [-0.1, -0.05) is 25.1 Å². The first-order valence-corrected chi connectivity index (χ1v) is 8.54. The average Bonchev–Trinajstić information content (AvgIpc) is 3.27. The molecule has 1 aliphatic heterocycles. The number of nitrogens with one attached hydrogen (secondary N) is 2. The molecule has 1 aliphatic rings. The van der Waals surface area contributed by atoms with Gasteiger partial charge in [-0.15, -0.1) is 24.0 Å². The van der Waals surface area contributed by atoms with E-state index in [1.807, 2.05) is 18.2 Å². The molecule has 0 spiro atoms. The number of guanidine groups is 1. The summed E-state index contributed by atoms with van der Waals surface area (Å²) in [4.78, 5) is 4.27. The molecule has 0 radical (unpaired) electrons. The molecule has 0 atom stereocenters. The van der Waals surface area contributed by atoms with Gasteiger partial charge in [0.1, 0.15) is 5.76 Å². The van der Waals surface area contributed by atoms with Gasteiger partial charge in [0.15, 0.2) is 17.5 Å². The van der Waals surface area contributed by atoms with Crippen LogP contribution in [0.1, 0.15) is 36.4 Å². The molecule has 2 N–H and O–H groups in total. The van der Waals surface area contributed by atoms with Crippen molar-refractivity contribution in [1.82, 2.24) is 15.8 Å². The van der Waals surface area contributed by atoms with Crippen molar-refractivity contribution in [1.29, 1.82) is 0 Å².